The van der Waals surface area contributed by atoms with Crippen molar-refractivity contribution in [2.45, 2.75) is 13.5 Å². The zero-order valence-corrected chi connectivity index (χ0v) is 11.1. The van der Waals surface area contributed by atoms with Gasteiger partial charge in [0.2, 0.25) is 0 Å². The van der Waals surface area contributed by atoms with Crippen LogP contribution in [0, 0.1) is 6.92 Å². The summed E-state index contributed by atoms with van der Waals surface area (Å²) < 4.78 is 1.64. The van der Waals surface area contributed by atoms with Crippen LogP contribution in [0.5, 0.6) is 0 Å². The molecule has 0 amide bonds. The lowest BCUT2D eigenvalue weighted by Gasteiger charge is -2.03. The van der Waals surface area contributed by atoms with Gasteiger partial charge in [-0.15, -0.1) is 0 Å². The first-order valence-electron chi connectivity index (χ1n) is 5.74. The van der Waals surface area contributed by atoms with Crippen molar-refractivity contribution in [2.75, 3.05) is 0 Å². The average molecular weight is 276 g/mol. The first-order chi connectivity index (χ1) is 9.08. The van der Waals surface area contributed by atoms with Crippen molar-refractivity contribution in [2.24, 2.45) is 0 Å². The summed E-state index contributed by atoms with van der Waals surface area (Å²) in [5.74, 6) is -1.26. The number of carboxylic acids is 1. The van der Waals surface area contributed by atoms with Gasteiger partial charge in [0.25, 0.3) is 0 Å². The predicted octanol–water partition coefficient (Wildman–Crippen LogP) is 1.66. The number of aryl methyl sites for hydroxylation is 1. The molecule has 0 aliphatic rings. The van der Waals surface area contributed by atoms with Crippen molar-refractivity contribution in [1.29, 1.82) is 0 Å². The van der Waals surface area contributed by atoms with Crippen LogP contribution < -0.4 is 5.11 Å². The quantitative estimate of drug-likeness (QED) is 0.798. The first-order valence-corrected chi connectivity index (χ1v) is 6.11. The molecule has 4 nitrogen and oxygen atoms in total. The minimum Gasteiger partial charge on any atom is -0.545 e. The summed E-state index contributed by atoms with van der Waals surface area (Å²) in [5.41, 5.74) is 2.35. The number of aromatic nitrogens is 2. The van der Waals surface area contributed by atoms with Gasteiger partial charge in [0.1, 0.15) is 5.15 Å². The SMILES string of the molecule is Cc1nn(Cc2ccccc2)c(Cl)c1/C=C/C(=O)[O-]. The van der Waals surface area contributed by atoms with E-state index in [1.54, 1.807) is 11.6 Å². The molecule has 0 saturated carbocycles. The third-order valence-corrected chi connectivity index (χ3v) is 3.07. The Morgan fingerprint density at radius 1 is 1.42 bits per heavy atom. The van der Waals surface area contributed by atoms with Gasteiger partial charge in [-0.05, 0) is 24.6 Å². The second-order valence-electron chi connectivity index (χ2n) is 4.09. The van der Waals surface area contributed by atoms with Gasteiger partial charge >= 0.3 is 0 Å². The number of hydrogen-bond donors (Lipinski definition) is 0. The Balaban J connectivity index is 2.29. The van der Waals surface area contributed by atoms with Crippen LogP contribution in [-0.2, 0) is 11.3 Å². The Labute approximate surface area is 115 Å². The second kappa shape index (κ2) is 5.71. The molecule has 98 valence electrons. The Kier molecular flexibility index (Phi) is 4.02. The highest BCUT2D eigenvalue weighted by Crippen LogP contribution is 2.22. The first kappa shape index (κ1) is 13.4. The van der Waals surface area contributed by atoms with E-state index in [9.17, 15) is 9.90 Å². The lowest BCUT2D eigenvalue weighted by molar-refractivity contribution is -0.297. The van der Waals surface area contributed by atoms with Crippen LogP contribution in [-0.4, -0.2) is 15.7 Å². The zero-order valence-electron chi connectivity index (χ0n) is 10.3. The van der Waals surface area contributed by atoms with Gasteiger partial charge in [-0.25, -0.2) is 4.68 Å². The molecule has 19 heavy (non-hydrogen) atoms. The Bertz CT molecular complexity index is 618. The Morgan fingerprint density at radius 3 is 2.74 bits per heavy atom. The number of rotatable bonds is 4. The summed E-state index contributed by atoms with van der Waals surface area (Å²) in [6, 6.07) is 9.77. The smallest absolute Gasteiger partial charge is 0.134 e. The monoisotopic (exact) mass is 275 g/mol. The molecule has 0 unspecified atom stereocenters. The molecule has 2 aromatic rings. The van der Waals surface area contributed by atoms with E-state index < -0.39 is 5.97 Å². The fourth-order valence-corrected chi connectivity index (χ4v) is 2.07. The van der Waals surface area contributed by atoms with Gasteiger partial charge < -0.3 is 9.90 Å². The molecule has 0 aliphatic carbocycles. The van der Waals surface area contributed by atoms with Crippen LogP contribution in [0.1, 0.15) is 16.8 Å². The van der Waals surface area contributed by atoms with Crippen molar-refractivity contribution < 1.29 is 9.90 Å². The number of carbonyl (C=O) groups is 1. The maximum absolute atomic E-state index is 10.4. The largest absolute Gasteiger partial charge is 0.545 e. The number of benzene rings is 1. The van der Waals surface area contributed by atoms with E-state index in [4.69, 9.17) is 11.6 Å². The van der Waals surface area contributed by atoms with Gasteiger partial charge in [-0.1, -0.05) is 41.9 Å². The highest BCUT2D eigenvalue weighted by atomic mass is 35.5. The maximum Gasteiger partial charge on any atom is 0.134 e. The molecule has 0 saturated heterocycles. The van der Waals surface area contributed by atoms with E-state index in [1.165, 1.54) is 6.08 Å². The van der Waals surface area contributed by atoms with E-state index >= 15 is 0 Å². The molecule has 5 heteroatoms. The van der Waals surface area contributed by atoms with Crippen molar-refractivity contribution in [3.8, 4) is 0 Å². The third kappa shape index (κ3) is 3.23. The predicted molar refractivity (Wildman–Crippen MR) is 71.6 cm³/mol. The number of aliphatic carboxylic acids is 1. The molecule has 1 aromatic carbocycles. The lowest BCUT2D eigenvalue weighted by atomic mass is 10.2. The van der Waals surface area contributed by atoms with E-state index in [1.807, 2.05) is 30.3 Å². The van der Waals surface area contributed by atoms with E-state index in [2.05, 4.69) is 5.10 Å². The zero-order chi connectivity index (χ0) is 13.8. The molecule has 1 aromatic heterocycles. The summed E-state index contributed by atoms with van der Waals surface area (Å²) in [4.78, 5) is 10.4. The number of carbonyl (C=O) groups excluding carboxylic acids is 1. The fraction of sp³-hybridized carbons (Fsp3) is 0.143. The van der Waals surface area contributed by atoms with Gasteiger partial charge in [-0.2, -0.15) is 5.10 Å². The van der Waals surface area contributed by atoms with Gasteiger partial charge in [0.15, 0.2) is 0 Å². The van der Waals surface area contributed by atoms with E-state index in [0.717, 1.165) is 11.6 Å². The van der Waals surface area contributed by atoms with Gasteiger partial charge in [0, 0.05) is 5.56 Å². The lowest BCUT2D eigenvalue weighted by Crippen LogP contribution is -2.18. The molecule has 0 radical (unpaired) electrons. The van der Waals surface area contributed by atoms with Crippen molar-refractivity contribution in [3.63, 3.8) is 0 Å². The number of hydrogen-bond acceptors (Lipinski definition) is 3. The molecule has 0 spiro atoms. The molecule has 0 aliphatic heterocycles. The summed E-state index contributed by atoms with van der Waals surface area (Å²) in [6.07, 6.45) is 2.35. The molecule has 0 atom stereocenters. The van der Waals surface area contributed by atoms with Crippen molar-refractivity contribution in [3.05, 3.63) is 58.4 Å². The van der Waals surface area contributed by atoms with Crippen LogP contribution in [0.2, 0.25) is 5.15 Å². The van der Waals surface area contributed by atoms with Gasteiger partial charge in [0.05, 0.1) is 18.2 Å². The van der Waals surface area contributed by atoms with E-state index in [0.29, 0.717) is 23.0 Å². The summed E-state index contributed by atoms with van der Waals surface area (Å²) in [6.45, 7) is 2.32. The maximum atomic E-state index is 10.4. The number of carboxylic acid groups (broad SMARTS) is 1. The fourth-order valence-electron chi connectivity index (χ4n) is 1.77. The van der Waals surface area contributed by atoms with Crippen molar-refractivity contribution in [1.82, 2.24) is 9.78 Å². The molecule has 2 rings (SSSR count). The highest BCUT2D eigenvalue weighted by Gasteiger charge is 2.10. The standard InChI is InChI=1S/C14H13ClN2O2/c1-10-12(7-8-13(18)19)14(15)17(16-10)9-11-5-3-2-4-6-11/h2-8H,9H2,1H3,(H,18,19)/p-1/b8-7+. The van der Waals surface area contributed by atoms with Gasteiger partial charge in [-0.3, -0.25) is 0 Å². The van der Waals surface area contributed by atoms with Crippen LogP contribution in [0.15, 0.2) is 36.4 Å². The molecule has 0 fully saturated rings. The van der Waals surface area contributed by atoms with Crippen LogP contribution in [0.4, 0.5) is 0 Å². The Hall–Kier alpha value is -2.07. The average Bonchev–Trinajstić information content (AvgIpc) is 2.63. The van der Waals surface area contributed by atoms with Crippen LogP contribution in [0.3, 0.4) is 0 Å². The van der Waals surface area contributed by atoms with Crippen LogP contribution in [0.25, 0.3) is 6.08 Å². The number of nitrogens with zero attached hydrogens (tertiary/aromatic N) is 2. The normalized spacial score (nSPS) is 11.1. The Morgan fingerprint density at radius 2 is 2.11 bits per heavy atom. The molecule has 0 bridgehead atoms. The molecule has 1 heterocycles. The third-order valence-electron chi connectivity index (χ3n) is 2.67. The van der Waals surface area contributed by atoms with E-state index in [-0.39, 0.29) is 0 Å². The summed E-state index contributed by atoms with van der Waals surface area (Å²) in [7, 11) is 0. The minimum absolute atomic E-state index is 0.416. The topological polar surface area (TPSA) is 58.0 Å². The number of halogens is 1. The second-order valence-corrected chi connectivity index (χ2v) is 4.44. The van der Waals surface area contributed by atoms with Crippen molar-refractivity contribution >= 4 is 23.6 Å². The summed E-state index contributed by atoms with van der Waals surface area (Å²) in [5, 5.41) is 15.1. The molecular weight excluding hydrogens is 264 g/mol. The summed E-state index contributed by atoms with van der Waals surface area (Å²) >= 11 is 6.20. The minimum atomic E-state index is -1.26. The van der Waals surface area contributed by atoms with Crippen LogP contribution >= 0.6 is 11.6 Å². The molecular formula is C14H12ClN2O2-. The highest BCUT2D eigenvalue weighted by molar-refractivity contribution is 6.31. The molecule has 0 N–H and O–H groups in total.